The highest BCUT2D eigenvalue weighted by atomic mass is 16.5. The fraction of sp³-hybridized carbons (Fsp3) is 0.733. The van der Waals surface area contributed by atoms with E-state index in [2.05, 4.69) is 25.2 Å². The van der Waals surface area contributed by atoms with Crippen LogP contribution < -0.4 is 0 Å². The number of likely N-dealkylation sites (N-methyl/N-ethyl adjacent to an activating group) is 1. The van der Waals surface area contributed by atoms with E-state index in [4.69, 9.17) is 0 Å². The standard InChI is InChI=1S/C15H29NO/c1-4-7-8-9-10-11-12-13-14-15-16(17,5-2)6-3/h10-11,13-14H,4-9,12,15H2,1-3H3. The molecule has 0 aliphatic carbocycles. The number of unbranched alkanes of at least 4 members (excludes halogenated alkanes) is 3. The van der Waals surface area contributed by atoms with Gasteiger partial charge in [0.05, 0.1) is 19.6 Å². The van der Waals surface area contributed by atoms with E-state index in [1.807, 2.05) is 19.9 Å². The normalized spacial score (nSPS) is 12.9. The second-order valence-corrected chi connectivity index (χ2v) is 4.55. The maximum Gasteiger partial charge on any atom is 0.0971 e. The zero-order valence-electron chi connectivity index (χ0n) is 11.8. The van der Waals surface area contributed by atoms with Crippen molar-refractivity contribution in [1.82, 2.24) is 0 Å². The van der Waals surface area contributed by atoms with Crippen molar-refractivity contribution in [1.29, 1.82) is 0 Å². The number of nitrogens with zero attached hydrogens (tertiary/aromatic N) is 1. The molecule has 0 fully saturated rings. The summed E-state index contributed by atoms with van der Waals surface area (Å²) in [4.78, 5) is 0. The molecular weight excluding hydrogens is 210 g/mol. The maximum absolute atomic E-state index is 11.9. The van der Waals surface area contributed by atoms with Crippen LogP contribution in [-0.2, 0) is 0 Å². The Morgan fingerprint density at radius 3 is 2.12 bits per heavy atom. The van der Waals surface area contributed by atoms with Crippen molar-refractivity contribution in [2.45, 2.75) is 52.9 Å². The van der Waals surface area contributed by atoms with Crippen LogP contribution >= 0.6 is 0 Å². The molecule has 0 aromatic carbocycles. The van der Waals surface area contributed by atoms with Crippen molar-refractivity contribution in [2.75, 3.05) is 19.6 Å². The highest BCUT2D eigenvalue weighted by Gasteiger charge is 2.07. The van der Waals surface area contributed by atoms with Crippen molar-refractivity contribution in [3.05, 3.63) is 29.5 Å². The molecule has 0 spiro atoms. The Morgan fingerprint density at radius 2 is 1.53 bits per heavy atom. The van der Waals surface area contributed by atoms with Gasteiger partial charge in [-0.2, -0.15) is 0 Å². The Kier molecular flexibility index (Phi) is 10.2. The van der Waals surface area contributed by atoms with Gasteiger partial charge in [0.25, 0.3) is 0 Å². The van der Waals surface area contributed by atoms with Crippen LogP contribution in [0, 0.1) is 5.21 Å². The third-order valence-corrected chi connectivity index (χ3v) is 3.17. The van der Waals surface area contributed by atoms with Crippen LogP contribution in [-0.4, -0.2) is 24.3 Å². The second-order valence-electron chi connectivity index (χ2n) is 4.55. The van der Waals surface area contributed by atoms with Gasteiger partial charge in [0.15, 0.2) is 0 Å². The van der Waals surface area contributed by atoms with Gasteiger partial charge in [-0.05, 0) is 39.2 Å². The lowest BCUT2D eigenvalue weighted by Crippen LogP contribution is -2.41. The summed E-state index contributed by atoms with van der Waals surface area (Å²) in [5.41, 5.74) is 0. The van der Waals surface area contributed by atoms with E-state index in [1.165, 1.54) is 25.7 Å². The van der Waals surface area contributed by atoms with Crippen LogP contribution in [0.4, 0.5) is 0 Å². The molecule has 2 nitrogen and oxygen atoms in total. The van der Waals surface area contributed by atoms with Gasteiger partial charge in [0, 0.05) is 0 Å². The van der Waals surface area contributed by atoms with Crippen LogP contribution in [0.3, 0.4) is 0 Å². The van der Waals surface area contributed by atoms with Crippen molar-refractivity contribution in [3.63, 3.8) is 0 Å². The van der Waals surface area contributed by atoms with Gasteiger partial charge in [-0.3, -0.25) is 0 Å². The first-order valence-electron chi connectivity index (χ1n) is 7.05. The van der Waals surface area contributed by atoms with Gasteiger partial charge in [0.2, 0.25) is 0 Å². The first-order valence-corrected chi connectivity index (χ1v) is 7.05. The van der Waals surface area contributed by atoms with Crippen molar-refractivity contribution >= 4 is 0 Å². The lowest BCUT2D eigenvalue weighted by atomic mass is 10.2. The van der Waals surface area contributed by atoms with E-state index in [1.54, 1.807) is 0 Å². The summed E-state index contributed by atoms with van der Waals surface area (Å²) in [7, 11) is 0. The number of quaternary nitrogens is 1. The van der Waals surface area contributed by atoms with Crippen LogP contribution in [0.5, 0.6) is 0 Å². The molecule has 0 saturated heterocycles. The lowest BCUT2D eigenvalue weighted by Gasteiger charge is -2.40. The predicted molar refractivity (Wildman–Crippen MR) is 76.6 cm³/mol. The maximum atomic E-state index is 11.9. The number of hydroxylamine groups is 3. The molecule has 0 saturated carbocycles. The van der Waals surface area contributed by atoms with E-state index in [9.17, 15) is 5.21 Å². The average molecular weight is 239 g/mol. The summed E-state index contributed by atoms with van der Waals surface area (Å²) < 4.78 is -0.100. The van der Waals surface area contributed by atoms with Crippen molar-refractivity contribution in [3.8, 4) is 0 Å². The van der Waals surface area contributed by atoms with E-state index in [0.717, 1.165) is 6.42 Å². The highest BCUT2D eigenvalue weighted by molar-refractivity contribution is 4.92. The molecule has 2 heteroatoms. The molecule has 0 aromatic rings. The Bertz CT molecular complexity index is 217. The Morgan fingerprint density at radius 1 is 0.882 bits per heavy atom. The molecule has 0 aliphatic rings. The number of hydrogen-bond acceptors (Lipinski definition) is 1. The minimum atomic E-state index is -0.100. The molecule has 17 heavy (non-hydrogen) atoms. The highest BCUT2D eigenvalue weighted by Crippen LogP contribution is 2.04. The fourth-order valence-electron chi connectivity index (χ4n) is 1.65. The number of allylic oxidation sites excluding steroid dienone is 3. The van der Waals surface area contributed by atoms with E-state index in [0.29, 0.717) is 19.6 Å². The van der Waals surface area contributed by atoms with Gasteiger partial charge in [-0.25, -0.2) is 0 Å². The van der Waals surface area contributed by atoms with E-state index >= 15 is 0 Å². The molecule has 0 rings (SSSR count). The zero-order valence-corrected chi connectivity index (χ0v) is 11.8. The molecule has 0 radical (unpaired) electrons. The molecule has 100 valence electrons. The van der Waals surface area contributed by atoms with Gasteiger partial charge in [-0.1, -0.05) is 38.0 Å². The average Bonchev–Trinajstić information content (AvgIpc) is 2.36. The third-order valence-electron chi connectivity index (χ3n) is 3.17. The van der Waals surface area contributed by atoms with Crippen LogP contribution in [0.1, 0.15) is 52.9 Å². The van der Waals surface area contributed by atoms with Crippen LogP contribution in [0.2, 0.25) is 0 Å². The third kappa shape index (κ3) is 9.13. The lowest BCUT2D eigenvalue weighted by molar-refractivity contribution is -0.871. The quantitative estimate of drug-likeness (QED) is 0.239. The van der Waals surface area contributed by atoms with Crippen LogP contribution in [0.25, 0.3) is 0 Å². The Balaban J connectivity index is 3.60. The monoisotopic (exact) mass is 239 g/mol. The first kappa shape index (κ1) is 16.4. The van der Waals surface area contributed by atoms with Crippen LogP contribution in [0.15, 0.2) is 24.3 Å². The SMILES string of the molecule is CCCCCC=CCC=CC[N+]([O-])(CC)CC. The Labute approximate surface area is 107 Å². The van der Waals surface area contributed by atoms with E-state index in [-0.39, 0.29) is 4.65 Å². The number of hydrogen-bond donors (Lipinski definition) is 0. The summed E-state index contributed by atoms with van der Waals surface area (Å²) in [6.45, 7) is 8.06. The summed E-state index contributed by atoms with van der Waals surface area (Å²) in [5, 5.41) is 11.9. The minimum absolute atomic E-state index is 0.100. The fourth-order valence-corrected chi connectivity index (χ4v) is 1.65. The number of rotatable bonds is 10. The minimum Gasteiger partial charge on any atom is -0.633 e. The predicted octanol–water partition coefficient (Wildman–Crippen LogP) is 4.42. The summed E-state index contributed by atoms with van der Waals surface area (Å²) in [6, 6.07) is 0. The molecule has 0 atom stereocenters. The van der Waals surface area contributed by atoms with E-state index < -0.39 is 0 Å². The smallest absolute Gasteiger partial charge is 0.0971 e. The molecule has 0 unspecified atom stereocenters. The molecule has 0 aliphatic heterocycles. The molecule has 0 heterocycles. The Hall–Kier alpha value is -0.600. The molecule has 0 aromatic heterocycles. The summed E-state index contributed by atoms with van der Waals surface area (Å²) in [6.07, 6.45) is 14.6. The van der Waals surface area contributed by atoms with Crippen molar-refractivity contribution < 1.29 is 4.65 Å². The molecular formula is C15H29NO. The molecule has 0 amide bonds. The summed E-state index contributed by atoms with van der Waals surface area (Å²) >= 11 is 0. The van der Waals surface area contributed by atoms with Gasteiger partial charge >= 0.3 is 0 Å². The summed E-state index contributed by atoms with van der Waals surface area (Å²) in [5.74, 6) is 0. The topological polar surface area (TPSA) is 23.1 Å². The largest absolute Gasteiger partial charge is 0.633 e. The first-order chi connectivity index (χ1) is 8.18. The van der Waals surface area contributed by atoms with Crippen molar-refractivity contribution in [2.24, 2.45) is 0 Å². The molecule has 0 N–H and O–H groups in total. The molecule has 0 bridgehead atoms. The zero-order chi connectivity index (χ0) is 13.0. The van der Waals surface area contributed by atoms with Gasteiger partial charge < -0.3 is 9.85 Å². The second kappa shape index (κ2) is 10.5. The van der Waals surface area contributed by atoms with Gasteiger partial charge in [0.1, 0.15) is 0 Å². The van der Waals surface area contributed by atoms with Gasteiger partial charge in [-0.15, -0.1) is 0 Å².